The number of hydrogen-bond acceptors (Lipinski definition) is 3. The van der Waals surface area contributed by atoms with Gasteiger partial charge in [-0.25, -0.2) is 4.79 Å². The van der Waals surface area contributed by atoms with E-state index in [4.69, 9.17) is 14.6 Å². The molecule has 0 heterocycles. The highest BCUT2D eigenvalue weighted by atomic mass is 79.9. The van der Waals surface area contributed by atoms with Crippen LogP contribution < -0.4 is 4.74 Å². The van der Waals surface area contributed by atoms with E-state index >= 15 is 0 Å². The molecule has 0 aliphatic rings. The van der Waals surface area contributed by atoms with Crippen LogP contribution in [-0.4, -0.2) is 30.9 Å². The minimum absolute atomic E-state index is 0.431. The van der Waals surface area contributed by atoms with E-state index in [1.165, 1.54) is 6.08 Å². The van der Waals surface area contributed by atoms with E-state index in [9.17, 15) is 4.79 Å². The number of aliphatic carboxylic acids is 1. The number of benzene rings is 1. The number of halogens is 1. The maximum absolute atomic E-state index is 10.6. The van der Waals surface area contributed by atoms with Crippen molar-refractivity contribution in [2.45, 2.75) is 19.8 Å². The van der Waals surface area contributed by atoms with Crippen LogP contribution in [0.15, 0.2) is 28.7 Å². The molecule has 1 rings (SSSR count). The van der Waals surface area contributed by atoms with Gasteiger partial charge in [0.15, 0.2) is 0 Å². The molecule has 110 valence electrons. The Kier molecular flexibility index (Phi) is 7.99. The molecule has 1 aromatic rings. The summed E-state index contributed by atoms with van der Waals surface area (Å²) in [6, 6.07) is 5.49. The fourth-order valence-corrected chi connectivity index (χ4v) is 2.02. The van der Waals surface area contributed by atoms with Crippen molar-refractivity contribution >= 4 is 28.0 Å². The third kappa shape index (κ3) is 6.21. The zero-order valence-corrected chi connectivity index (χ0v) is 13.1. The van der Waals surface area contributed by atoms with Gasteiger partial charge in [0, 0.05) is 18.2 Å². The van der Waals surface area contributed by atoms with E-state index < -0.39 is 5.97 Å². The van der Waals surface area contributed by atoms with Gasteiger partial charge < -0.3 is 14.6 Å². The highest BCUT2D eigenvalue weighted by Crippen LogP contribution is 2.30. The number of hydrogen-bond donors (Lipinski definition) is 1. The van der Waals surface area contributed by atoms with Crippen LogP contribution >= 0.6 is 15.9 Å². The van der Waals surface area contributed by atoms with E-state index in [1.54, 1.807) is 6.07 Å². The molecular formula is C15H19BrO4. The Balaban J connectivity index is 2.57. The quantitative estimate of drug-likeness (QED) is 0.548. The number of unbranched alkanes of at least 4 members (excludes halogenated alkanes) is 1. The first-order valence-corrected chi connectivity index (χ1v) is 7.34. The minimum Gasteiger partial charge on any atom is -0.489 e. The molecule has 1 aromatic carbocycles. The van der Waals surface area contributed by atoms with Gasteiger partial charge in [-0.3, -0.25) is 0 Å². The van der Waals surface area contributed by atoms with E-state index in [0.717, 1.165) is 35.6 Å². The molecule has 0 saturated carbocycles. The summed E-state index contributed by atoms with van der Waals surface area (Å²) in [5, 5.41) is 8.67. The van der Waals surface area contributed by atoms with Gasteiger partial charge in [-0.2, -0.15) is 0 Å². The maximum Gasteiger partial charge on any atom is 0.328 e. The van der Waals surface area contributed by atoms with Crippen molar-refractivity contribution in [2.24, 2.45) is 0 Å². The Morgan fingerprint density at radius 2 is 2.15 bits per heavy atom. The SMILES string of the molecule is CCCCOCCOc1c(Br)cccc1C=CC(=O)O. The van der Waals surface area contributed by atoms with Crippen LogP contribution in [0.3, 0.4) is 0 Å². The molecule has 0 atom stereocenters. The monoisotopic (exact) mass is 342 g/mol. The van der Waals surface area contributed by atoms with Crippen LogP contribution in [0.4, 0.5) is 0 Å². The molecule has 0 aliphatic heterocycles. The summed E-state index contributed by atoms with van der Waals surface area (Å²) in [7, 11) is 0. The third-order valence-corrected chi connectivity index (χ3v) is 3.14. The lowest BCUT2D eigenvalue weighted by Crippen LogP contribution is -2.08. The summed E-state index contributed by atoms with van der Waals surface area (Å²) < 4.78 is 11.9. The number of para-hydroxylation sites is 1. The minimum atomic E-state index is -0.987. The third-order valence-electron chi connectivity index (χ3n) is 2.52. The van der Waals surface area contributed by atoms with Gasteiger partial charge in [0.2, 0.25) is 0 Å². The number of carboxylic acids is 1. The molecule has 0 aliphatic carbocycles. The summed E-state index contributed by atoms with van der Waals surface area (Å²) in [5.41, 5.74) is 0.718. The molecule has 5 heteroatoms. The summed E-state index contributed by atoms with van der Waals surface area (Å²) >= 11 is 3.40. The molecule has 4 nitrogen and oxygen atoms in total. The van der Waals surface area contributed by atoms with Crippen molar-refractivity contribution in [3.63, 3.8) is 0 Å². The normalized spacial score (nSPS) is 10.9. The first-order chi connectivity index (χ1) is 9.65. The van der Waals surface area contributed by atoms with Crippen LogP contribution in [0, 0.1) is 0 Å². The lowest BCUT2D eigenvalue weighted by Gasteiger charge is -2.11. The van der Waals surface area contributed by atoms with E-state index in [2.05, 4.69) is 22.9 Å². The van der Waals surface area contributed by atoms with Crippen molar-refractivity contribution < 1.29 is 19.4 Å². The van der Waals surface area contributed by atoms with Crippen LogP contribution in [0.2, 0.25) is 0 Å². The van der Waals surface area contributed by atoms with Crippen LogP contribution in [0.1, 0.15) is 25.3 Å². The highest BCUT2D eigenvalue weighted by Gasteiger charge is 2.06. The standard InChI is InChI=1S/C15H19BrO4/c1-2-3-9-19-10-11-20-15-12(7-8-14(17)18)5-4-6-13(15)16/h4-8H,2-3,9-11H2,1H3,(H,17,18). The van der Waals surface area contributed by atoms with Crippen molar-refractivity contribution in [1.29, 1.82) is 0 Å². The zero-order valence-electron chi connectivity index (χ0n) is 11.5. The Bertz CT molecular complexity index is 457. The molecule has 0 spiro atoms. The van der Waals surface area contributed by atoms with Gasteiger partial charge in [-0.15, -0.1) is 0 Å². The van der Waals surface area contributed by atoms with Gasteiger partial charge in [0.1, 0.15) is 12.4 Å². The van der Waals surface area contributed by atoms with Crippen molar-refractivity contribution in [3.05, 3.63) is 34.3 Å². The second-order valence-corrected chi connectivity index (χ2v) is 5.00. The second-order valence-electron chi connectivity index (χ2n) is 4.14. The van der Waals surface area contributed by atoms with Gasteiger partial charge in [0.05, 0.1) is 11.1 Å². The molecule has 0 radical (unpaired) electrons. The Labute approximate surface area is 127 Å². The van der Waals surface area contributed by atoms with Gasteiger partial charge >= 0.3 is 5.97 Å². The zero-order chi connectivity index (χ0) is 14.8. The lowest BCUT2D eigenvalue weighted by molar-refractivity contribution is -0.131. The van der Waals surface area contributed by atoms with E-state index in [-0.39, 0.29) is 0 Å². The lowest BCUT2D eigenvalue weighted by atomic mass is 10.2. The fourth-order valence-electron chi connectivity index (χ4n) is 1.52. The Morgan fingerprint density at radius 3 is 2.85 bits per heavy atom. The maximum atomic E-state index is 10.6. The van der Waals surface area contributed by atoms with Crippen LogP contribution in [0.25, 0.3) is 6.08 Å². The number of carbonyl (C=O) groups is 1. The average molecular weight is 343 g/mol. The summed E-state index contributed by atoms with van der Waals surface area (Å²) in [5.74, 6) is -0.358. The van der Waals surface area contributed by atoms with Crippen molar-refractivity contribution in [1.82, 2.24) is 0 Å². The Hall–Kier alpha value is -1.33. The molecule has 0 unspecified atom stereocenters. The molecule has 20 heavy (non-hydrogen) atoms. The molecule has 0 saturated heterocycles. The van der Waals surface area contributed by atoms with Crippen LogP contribution in [-0.2, 0) is 9.53 Å². The van der Waals surface area contributed by atoms with Gasteiger partial charge in [0.25, 0.3) is 0 Å². The second kappa shape index (κ2) is 9.55. The first-order valence-electron chi connectivity index (χ1n) is 6.55. The fraction of sp³-hybridized carbons (Fsp3) is 0.400. The van der Waals surface area contributed by atoms with Crippen LogP contribution in [0.5, 0.6) is 5.75 Å². The van der Waals surface area contributed by atoms with E-state index in [1.807, 2.05) is 12.1 Å². The van der Waals surface area contributed by atoms with E-state index in [0.29, 0.717) is 19.0 Å². The first kappa shape index (κ1) is 16.7. The number of carboxylic acid groups (broad SMARTS) is 1. The Morgan fingerprint density at radius 1 is 1.35 bits per heavy atom. The largest absolute Gasteiger partial charge is 0.489 e. The van der Waals surface area contributed by atoms with Crippen molar-refractivity contribution in [3.8, 4) is 5.75 Å². The molecule has 0 aromatic heterocycles. The highest BCUT2D eigenvalue weighted by molar-refractivity contribution is 9.10. The molecule has 0 amide bonds. The topological polar surface area (TPSA) is 55.8 Å². The van der Waals surface area contributed by atoms with Gasteiger partial charge in [-0.1, -0.05) is 25.5 Å². The smallest absolute Gasteiger partial charge is 0.328 e. The van der Waals surface area contributed by atoms with Gasteiger partial charge in [-0.05, 0) is 34.5 Å². The number of rotatable bonds is 9. The predicted molar refractivity (Wildman–Crippen MR) is 82.0 cm³/mol. The average Bonchev–Trinajstić information content (AvgIpc) is 2.42. The molecule has 1 N–H and O–H groups in total. The molecular weight excluding hydrogens is 324 g/mol. The van der Waals surface area contributed by atoms with Crippen molar-refractivity contribution in [2.75, 3.05) is 19.8 Å². The number of ether oxygens (including phenoxy) is 2. The summed E-state index contributed by atoms with van der Waals surface area (Å²) in [6.45, 7) is 3.80. The predicted octanol–water partition coefficient (Wildman–Crippen LogP) is 3.74. The molecule has 0 bridgehead atoms. The molecule has 0 fully saturated rings. The summed E-state index contributed by atoms with van der Waals surface area (Å²) in [4.78, 5) is 10.6. The summed E-state index contributed by atoms with van der Waals surface area (Å²) in [6.07, 6.45) is 4.75.